The number of hydrogen-bond donors (Lipinski definition) is 1. The van der Waals surface area contributed by atoms with Gasteiger partial charge in [-0.05, 0) is 40.2 Å². The zero-order valence-electron chi connectivity index (χ0n) is 11.0. The molecule has 1 aromatic heterocycles. The van der Waals surface area contributed by atoms with Gasteiger partial charge in [0.1, 0.15) is 4.21 Å². The van der Waals surface area contributed by atoms with Crippen LogP contribution in [0.1, 0.15) is 26.2 Å². The predicted octanol–water partition coefficient (Wildman–Crippen LogP) is 2.78. The summed E-state index contributed by atoms with van der Waals surface area (Å²) >= 11 is 4.37. The van der Waals surface area contributed by atoms with E-state index in [2.05, 4.69) is 15.9 Å². The van der Waals surface area contributed by atoms with Crippen LogP contribution in [0.2, 0.25) is 0 Å². The van der Waals surface area contributed by atoms with Crippen LogP contribution in [-0.2, 0) is 14.8 Å². The van der Waals surface area contributed by atoms with Gasteiger partial charge in [-0.15, -0.1) is 11.3 Å². The van der Waals surface area contributed by atoms with Crippen LogP contribution in [0.4, 0.5) is 0 Å². The molecule has 0 amide bonds. The molecule has 1 aliphatic rings. The summed E-state index contributed by atoms with van der Waals surface area (Å²) in [6, 6.07) is 1.68. The van der Waals surface area contributed by atoms with Crippen molar-refractivity contribution in [3.05, 3.63) is 15.9 Å². The standard InChI is InChI=1S/C12H16BrNO4S2/c1-2-4-12(11(15)16)5-6-14(8-12)20(17,18)10-9(13)3-7-19-10/h3,7H,2,4-6,8H2,1H3,(H,15,16). The molecule has 1 atom stereocenters. The van der Waals surface area contributed by atoms with Crippen molar-refractivity contribution in [2.45, 2.75) is 30.4 Å². The van der Waals surface area contributed by atoms with Gasteiger partial charge in [-0.3, -0.25) is 4.79 Å². The second-order valence-corrected chi connectivity index (χ2v) is 8.88. The molecule has 0 aromatic carbocycles. The molecule has 1 aliphatic heterocycles. The van der Waals surface area contributed by atoms with Crippen LogP contribution in [-0.4, -0.2) is 36.9 Å². The lowest BCUT2D eigenvalue weighted by Crippen LogP contribution is -2.36. The molecule has 0 bridgehead atoms. The summed E-state index contributed by atoms with van der Waals surface area (Å²) in [6.45, 7) is 2.24. The van der Waals surface area contributed by atoms with Gasteiger partial charge in [-0.25, -0.2) is 8.42 Å². The number of carbonyl (C=O) groups is 1. The molecule has 0 aliphatic carbocycles. The zero-order chi connectivity index (χ0) is 15.0. The van der Waals surface area contributed by atoms with Crippen molar-refractivity contribution in [2.75, 3.05) is 13.1 Å². The first kappa shape index (κ1) is 15.9. The third-order valence-corrected chi connectivity index (χ3v) is 8.15. The molecule has 1 fully saturated rings. The number of carboxylic acid groups (broad SMARTS) is 1. The Hall–Kier alpha value is -0.440. The van der Waals surface area contributed by atoms with Crippen LogP contribution in [0.3, 0.4) is 0 Å². The zero-order valence-corrected chi connectivity index (χ0v) is 14.2. The minimum atomic E-state index is -3.61. The minimum absolute atomic E-state index is 0.0584. The Kier molecular flexibility index (Phi) is 4.58. The van der Waals surface area contributed by atoms with E-state index >= 15 is 0 Å². The maximum absolute atomic E-state index is 12.5. The Labute approximate surface area is 130 Å². The van der Waals surface area contributed by atoms with E-state index in [9.17, 15) is 18.3 Å². The van der Waals surface area contributed by atoms with Gasteiger partial charge in [0.15, 0.2) is 0 Å². The minimum Gasteiger partial charge on any atom is -0.481 e. The highest BCUT2D eigenvalue weighted by molar-refractivity contribution is 9.10. The van der Waals surface area contributed by atoms with Gasteiger partial charge in [0, 0.05) is 17.6 Å². The molecule has 0 saturated carbocycles. The van der Waals surface area contributed by atoms with E-state index in [1.807, 2.05) is 6.92 Å². The number of thiophene rings is 1. The van der Waals surface area contributed by atoms with Crippen molar-refractivity contribution < 1.29 is 18.3 Å². The van der Waals surface area contributed by atoms with E-state index in [1.165, 1.54) is 4.31 Å². The van der Waals surface area contributed by atoms with Crippen LogP contribution in [0.5, 0.6) is 0 Å². The summed E-state index contributed by atoms with van der Waals surface area (Å²) < 4.78 is 27.2. The van der Waals surface area contributed by atoms with Crippen LogP contribution < -0.4 is 0 Å². The highest BCUT2D eigenvalue weighted by Gasteiger charge is 2.48. The number of aliphatic carboxylic acids is 1. The normalized spacial score (nSPS) is 24.1. The SMILES string of the molecule is CCCC1(C(=O)O)CCN(S(=O)(=O)c2sccc2Br)C1. The number of sulfonamides is 1. The fourth-order valence-electron chi connectivity index (χ4n) is 2.58. The largest absolute Gasteiger partial charge is 0.481 e. The van der Waals surface area contributed by atoms with Gasteiger partial charge in [-0.2, -0.15) is 4.31 Å². The number of hydrogen-bond acceptors (Lipinski definition) is 4. The van der Waals surface area contributed by atoms with E-state index in [0.717, 1.165) is 17.8 Å². The van der Waals surface area contributed by atoms with E-state index in [-0.39, 0.29) is 17.3 Å². The van der Waals surface area contributed by atoms with Crippen LogP contribution in [0.15, 0.2) is 20.1 Å². The maximum Gasteiger partial charge on any atom is 0.311 e. The highest BCUT2D eigenvalue weighted by Crippen LogP contribution is 2.40. The van der Waals surface area contributed by atoms with Gasteiger partial charge < -0.3 is 5.11 Å². The smallest absolute Gasteiger partial charge is 0.311 e. The molecule has 0 spiro atoms. The Morgan fingerprint density at radius 3 is 2.80 bits per heavy atom. The quantitative estimate of drug-likeness (QED) is 0.850. The topological polar surface area (TPSA) is 74.7 Å². The average Bonchev–Trinajstić information content (AvgIpc) is 2.97. The Bertz CT molecular complexity index is 613. The molecular weight excluding hydrogens is 366 g/mol. The summed E-state index contributed by atoms with van der Waals surface area (Å²) in [7, 11) is -3.61. The van der Waals surface area contributed by atoms with Crippen molar-refractivity contribution >= 4 is 43.3 Å². The molecule has 0 radical (unpaired) electrons. The van der Waals surface area contributed by atoms with E-state index in [4.69, 9.17) is 0 Å². The number of carboxylic acids is 1. The van der Waals surface area contributed by atoms with Crippen LogP contribution in [0.25, 0.3) is 0 Å². The van der Waals surface area contributed by atoms with E-state index < -0.39 is 21.4 Å². The third-order valence-electron chi connectivity index (χ3n) is 3.66. The molecule has 1 unspecified atom stereocenters. The molecule has 2 heterocycles. The first-order valence-corrected chi connectivity index (χ1v) is 9.41. The Balaban J connectivity index is 2.29. The Morgan fingerprint density at radius 1 is 1.60 bits per heavy atom. The molecule has 8 heteroatoms. The second-order valence-electron chi connectivity index (χ2n) is 4.98. The van der Waals surface area contributed by atoms with Crippen molar-refractivity contribution in [1.29, 1.82) is 0 Å². The Morgan fingerprint density at radius 2 is 2.30 bits per heavy atom. The second kappa shape index (κ2) is 5.75. The maximum atomic E-state index is 12.5. The lowest BCUT2D eigenvalue weighted by molar-refractivity contribution is -0.148. The van der Waals surface area contributed by atoms with E-state index in [1.54, 1.807) is 11.4 Å². The number of halogens is 1. The lowest BCUT2D eigenvalue weighted by atomic mass is 9.83. The molecule has 5 nitrogen and oxygen atoms in total. The van der Waals surface area contributed by atoms with E-state index in [0.29, 0.717) is 17.3 Å². The molecule has 1 aromatic rings. The van der Waals surface area contributed by atoms with Crippen molar-refractivity contribution in [3.8, 4) is 0 Å². The third kappa shape index (κ3) is 2.66. The molecular formula is C12H16BrNO4S2. The lowest BCUT2D eigenvalue weighted by Gasteiger charge is -2.23. The highest BCUT2D eigenvalue weighted by atomic mass is 79.9. The fraction of sp³-hybridized carbons (Fsp3) is 0.583. The first-order valence-electron chi connectivity index (χ1n) is 6.30. The summed E-state index contributed by atoms with van der Waals surface area (Å²) in [5.74, 6) is -0.901. The molecule has 112 valence electrons. The molecule has 2 rings (SSSR count). The fourth-order valence-corrected chi connectivity index (χ4v) is 6.56. The van der Waals surface area contributed by atoms with Gasteiger partial charge in [0.05, 0.1) is 5.41 Å². The van der Waals surface area contributed by atoms with Gasteiger partial charge in [0.2, 0.25) is 0 Å². The summed E-state index contributed by atoms with van der Waals surface area (Å²) in [4.78, 5) is 11.5. The monoisotopic (exact) mass is 381 g/mol. The molecule has 20 heavy (non-hydrogen) atoms. The predicted molar refractivity (Wildman–Crippen MR) is 80.4 cm³/mol. The average molecular weight is 382 g/mol. The van der Waals surface area contributed by atoms with Crippen molar-refractivity contribution in [1.82, 2.24) is 4.31 Å². The summed E-state index contributed by atoms with van der Waals surface area (Å²) in [5.41, 5.74) is -0.939. The van der Waals surface area contributed by atoms with Crippen LogP contribution in [0, 0.1) is 5.41 Å². The van der Waals surface area contributed by atoms with Crippen LogP contribution >= 0.6 is 27.3 Å². The number of rotatable bonds is 5. The first-order chi connectivity index (χ1) is 9.33. The van der Waals surface area contributed by atoms with Gasteiger partial charge in [0.25, 0.3) is 10.0 Å². The van der Waals surface area contributed by atoms with Gasteiger partial charge >= 0.3 is 5.97 Å². The molecule has 1 N–H and O–H groups in total. The van der Waals surface area contributed by atoms with Crippen molar-refractivity contribution in [3.63, 3.8) is 0 Å². The van der Waals surface area contributed by atoms with Gasteiger partial charge in [-0.1, -0.05) is 13.3 Å². The number of nitrogens with zero attached hydrogens (tertiary/aromatic N) is 1. The summed E-state index contributed by atoms with van der Waals surface area (Å²) in [6.07, 6.45) is 1.60. The summed E-state index contributed by atoms with van der Waals surface area (Å²) in [5, 5.41) is 11.1. The molecule has 1 saturated heterocycles. The van der Waals surface area contributed by atoms with Crippen molar-refractivity contribution in [2.24, 2.45) is 5.41 Å².